The van der Waals surface area contributed by atoms with Gasteiger partial charge in [-0.15, -0.1) is 0 Å². The second kappa shape index (κ2) is 25.0. The molecular formula is H2CaCo2O4. The monoisotopic (exact) mass is 224 g/mol. The van der Waals surface area contributed by atoms with Gasteiger partial charge in [0.15, 0.2) is 0 Å². The van der Waals surface area contributed by atoms with Crippen molar-refractivity contribution in [2.75, 3.05) is 0 Å². The molecule has 0 heterocycles. The molecule has 0 aliphatic rings. The number of hydrogen-bond acceptors (Lipinski definition) is 2. The van der Waals surface area contributed by atoms with E-state index in [4.69, 9.17) is 16.2 Å². The van der Waals surface area contributed by atoms with E-state index in [-0.39, 0.29) is 37.7 Å². The Balaban J connectivity index is -0.0000000400. The molecule has 0 atom stereocenters. The van der Waals surface area contributed by atoms with Crippen molar-refractivity contribution < 1.29 is 46.1 Å². The summed E-state index contributed by atoms with van der Waals surface area (Å²) in [6.07, 6.45) is 0. The molecule has 4 nitrogen and oxygen atoms in total. The van der Waals surface area contributed by atoms with E-state index < -0.39 is 29.9 Å². The van der Waals surface area contributed by atoms with Crippen molar-refractivity contribution in [2.45, 2.75) is 0 Å². The first-order valence-electron chi connectivity index (χ1n) is 0.570. The molecule has 0 rings (SSSR count). The van der Waals surface area contributed by atoms with E-state index in [2.05, 4.69) is 0 Å². The second-order valence-corrected chi connectivity index (χ2v) is 0.502. The minimum absolute atomic E-state index is 0. The van der Waals surface area contributed by atoms with E-state index >= 15 is 0 Å². The first kappa shape index (κ1) is 15.9. The van der Waals surface area contributed by atoms with Crippen molar-refractivity contribution in [3.05, 3.63) is 0 Å². The van der Waals surface area contributed by atoms with Crippen LogP contribution in [0.5, 0.6) is 0 Å². The zero-order chi connectivity index (χ0) is 5.41. The molecule has 0 amide bonds. The SMILES string of the molecule is [Ca+2].[O]=[Co-][OH].[O]=[Co-][OH]. The van der Waals surface area contributed by atoms with Gasteiger partial charge in [-0.3, -0.25) is 0 Å². The zero-order valence-corrected chi connectivity index (χ0v) is 7.38. The molecular weight excluding hydrogens is 222 g/mol. The quantitative estimate of drug-likeness (QED) is 0.479. The Morgan fingerprint density at radius 1 is 1.00 bits per heavy atom. The topological polar surface area (TPSA) is 74.6 Å². The normalized spacial score (nSPS) is 6.00. The second-order valence-electron chi connectivity index (χ2n) is 0.122. The molecule has 0 aliphatic carbocycles. The fourth-order valence-electron chi connectivity index (χ4n) is 0. The Morgan fingerprint density at radius 2 is 1.00 bits per heavy atom. The summed E-state index contributed by atoms with van der Waals surface area (Å²) in [6.45, 7) is 0. The Hall–Kier alpha value is 1.79. The van der Waals surface area contributed by atoms with Crippen molar-refractivity contribution in [3.63, 3.8) is 0 Å². The molecule has 0 spiro atoms. The van der Waals surface area contributed by atoms with Crippen molar-refractivity contribution in [1.29, 1.82) is 0 Å². The van der Waals surface area contributed by atoms with Gasteiger partial charge in [-0.05, 0) is 0 Å². The summed E-state index contributed by atoms with van der Waals surface area (Å²) in [5.74, 6) is 0. The molecule has 0 aromatic heterocycles. The van der Waals surface area contributed by atoms with E-state index in [1.54, 1.807) is 0 Å². The van der Waals surface area contributed by atoms with Crippen molar-refractivity contribution >= 4 is 37.7 Å². The molecule has 0 unspecified atom stereocenters. The molecule has 0 aromatic carbocycles. The van der Waals surface area contributed by atoms with Crippen molar-refractivity contribution in [3.8, 4) is 0 Å². The first-order chi connectivity index (χ1) is 2.83. The van der Waals surface area contributed by atoms with Crippen LogP contribution in [-0.4, -0.2) is 46.2 Å². The van der Waals surface area contributed by atoms with E-state index in [1.807, 2.05) is 0 Å². The average Bonchev–Trinajstić information content (AvgIpc) is 1.39. The predicted molar refractivity (Wildman–Crippen MR) is 11.6 cm³/mol. The molecule has 0 bridgehead atoms. The summed E-state index contributed by atoms with van der Waals surface area (Å²) in [5, 5.41) is 0. The summed E-state index contributed by atoms with van der Waals surface area (Å²) in [4.78, 5) is 0. The third-order valence-electron chi connectivity index (χ3n) is 0. The van der Waals surface area contributed by atoms with Crippen molar-refractivity contribution in [2.24, 2.45) is 0 Å². The molecule has 0 aliphatic heterocycles. The average molecular weight is 224 g/mol. The van der Waals surface area contributed by atoms with Crippen LogP contribution in [0.1, 0.15) is 0 Å². The van der Waals surface area contributed by atoms with E-state index in [0.29, 0.717) is 0 Å². The van der Waals surface area contributed by atoms with Crippen LogP contribution in [-0.2, 0) is 37.6 Å². The van der Waals surface area contributed by atoms with Crippen LogP contribution in [0.4, 0.5) is 0 Å². The Morgan fingerprint density at radius 3 is 1.00 bits per heavy atom. The first-order valence-corrected chi connectivity index (χ1v) is 2.35. The van der Waals surface area contributed by atoms with E-state index in [0.717, 1.165) is 0 Å². The van der Waals surface area contributed by atoms with Gasteiger partial charge in [0.25, 0.3) is 0 Å². The molecule has 0 fully saturated rings. The van der Waals surface area contributed by atoms with Crippen molar-refractivity contribution in [1.82, 2.24) is 0 Å². The molecule has 0 saturated carbocycles. The summed E-state index contributed by atoms with van der Waals surface area (Å²) < 4.78 is 30.9. The van der Waals surface area contributed by atoms with Crippen LogP contribution in [0.2, 0.25) is 0 Å². The van der Waals surface area contributed by atoms with Crippen LogP contribution >= 0.6 is 0 Å². The fraction of sp³-hybridized carbons (Fsp3) is 0. The third kappa shape index (κ3) is 81.4. The predicted octanol–water partition coefficient (Wildman–Crippen LogP) is -1.74. The maximum atomic E-state index is 8.45. The molecule has 0 saturated heterocycles. The number of rotatable bonds is 0. The Labute approximate surface area is 82.7 Å². The maximum absolute atomic E-state index is 8.45. The van der Waals surface area contributed by atoms with Gasteiger partial charge in [-0.2, -0.15) is 0 Å². The summed E-state index contributed by atoms with van der Waals surface area (Å²) in [5.41, 5.74) is 0. The van der Waals surface area contributed by atoms with Gasteiger partial charge in [0.2, 0.25) is 0 Å². The van der Waals surface area contributed by atoms with Crippen LogP contribution in [0, 0.1) is 0 Å². The van der Waals surface area contributed by atoms with Gasteiger partial charge in [-0.25, -0.2) is 0 Å². The summed E-state index contributed by atoms with van der Waals surface area (Å²) >= 11 is -1.62. The summed E-state index contributed by atoms with van der Waals surface area (Å²) in [7, 11) is 0. The van der Waals surface area contributed by atoms with Gasteiger partial charge in [0.1, 0.15) is 0 Å². The van der Waals surface area contributed by atoms with E-state index in [9.17, 15) is 0 Å². The van der Waals surface area contributed by atoms with Gasteiger partial charge >= 0.3 is 83.8 Å². The van der Waals surface area contributed by atoms with Crippen LogP contribution in [0.15, 0.2) is 0 Å². The van der Waals surface area contributed by atoms with Gasteiger partial charge in [0, 0.05) is 0 Å². The van der Waals surface area contributed by atoms with Crippen LogP contribution < -0.4 is 0 Å². The van der Waals surface area contributed by atoms with Crippen LogP contribution in [0.3, 0.4) is 0 Å². The fourth-order valence-corrected chi connectivity index (χ4v) is 0. The molecule has 7 heavy (non-hydrogen) atoms. The Bertz CT molecular complexity index is 30.7. The van der Waals surface area contributed by atoms with Gasteiger partial charge in [-0.1, -0.05) is 0 Å². The Kier molecular flexibility index (Phi) is 56.8. The molecule has 2 N–H and O–H groups in total. The van der Waals surface area contributed by atoms with E-state index in [1.165, 1.54) is 0 Å². The summed E-state index contributed by atoms with van der Waals surface area (Å²) in [6, 6.07) is 0. The van der Waals surface area contributed by atoms with Crippen LogP contribution in [0.25, 0.3) is 0 Å². The standard InChI is InChI=1S/Ca.2Co.2H2O.2O/h;;;2*1H2;;/q+2;;;;;;/p-2. The molecule has 7 heteroatoms. The minimum atomic E-state index is -0.812. The number of hydrogen-bond donors (Lipinski definition) is 2. The molecule has 0 radical (unpaired) electrons. The van der Waals surface area contributed by atoms with Gasteiger partial charge in [0.05, 0.1) is 0 Å². The molecule has 0 aromatic rings. The van der Waals surface area contributed by atoms with Gasteiger partial charge < -0.3 is 0 Å². The third-order valence-corrected chi connectivity index (χ3v) is 0. The zero-order valence-electron chi connectivity index (χ0n) is 3.08. The molecule has 46 valence electrons.